The molecule has 0 aliphatic carbocycles. The van der Waals surface area contributed by atoms with Crippen LogP contribution in [-0.4, -0.2) is 18.1 Å². The van der Waals surface area contributed by atoms with Crippen molar-refractivity contribution >= 4 is 28.5 Å². The predicted octanol–water partition coefficient (Wildman–Crippen LogP) is 2.67. The fourth-order valence-electron chi connectivity index (χ4n) is 1.42. The Hall–Kier alpha value is -1.61. The van der Waals surface area contributed by atoms with E-state index in [2.05, 4.69) is 9.72 Å². The molecule has 0 radical (unpaired) electrons. The summed E-state index contributed by atoms with van der Waals surface area (Å²) >= 11 is 5.89. The van der Waals surface area contributed by atoms with Gasteiger partial charge in [0.05, 0.1) is 18.2 Å². The average molecular weight is 222 g/mol. The van der Waals surface area contributed by atoms with Gasteiger partial charge in [-0.25, -0.2) is 4.79 Å². The predicted molar refractivity (Wildman–Crippen MR) is 58.1 cm³/mol. The summed E-state index contributed by atoms with van der Waals surface area (Å²) in [4.78, 5) is 15.6. The van der Waals surface area contributed by atoms with Gasteiger partial charge in [-0.3, -0.25) is 4.98 Å². The van der Waals surface area contributed by atoms with Crippen molar-refractivity contribution in [3.05, 3.63) is 41.0 Å². The first-order valence-corrected chi connectivity index (χ1v) is 4.73. The summed E-state index contributed by atoms with van der Waals surface area (Å²) < 4.78 is 4.66. The van der Waals surface area contributed by atoms with Gasteiger partial charge in [-0.2, -0.15) is 0 Å². The van der Waals surface area contributed by atoms with Gasteiger partial charge in [0, 0.05) is 16.6 Å². The molecule has 0 spiro atoms. The van der Waals surface area contributed by atoms with Gasteiger partial charge in [0.25, 0.3) is 0 Å². The number of carbonyl (C=O) groups is 1. The molecule has 1 aromatic heterocycles. The zero-order valence-electron chi connectivity index (χ0n) is 8.03. The fourth-order valence-corrected chi connectivity index (χ4v) is 1.65. The minimum absolute atomic E-state index is 0.389. The van der Waals surface area contributed by atoms with Gasteiger partial charge in [0.2, 0.25) is 0 Å². The van der Waals surface area contributed by atoms with Crippen LogP contribution in [0.3, 0.4) is 0 Å². The van der Waals surface area contributed by atoms with Gasteiger partial charge in [0.1, 0.15) is 0 Å². The Morgan fingerprint density at radius 2 is 2.27 bits per heavy atom. The van der Waals surface area contributed by atoms with E-state index in [0.29, 0.717) is 16.1 Å². The maximum absolute atomic E-state index is 11.5. The van der Waals surface area contributed by atoms with Crippen LogP contribution in [0.2, 0.25) is 5.02 Å². The number of halogens is 1. The highest BCUT2D eigenvalue weighted by atomic mass is 35.5. The number of esters is 1. The molecule has 76 valence electrons. The molecule has 0 saturated carbocycles. The summed E-state index contributed by atoms with van der Waals surface area (Å²) in [5.74, 6) is -0.429. The minimum atomic E-state index is -0.429. The van der Waals surface area contributed by atoms with Crippen molar-refractivity contribution in [1.82, 2.24) is 4.98 Å². The third-order valence-corrected chi connectivity index (χ3v) is 2.29. The van der Waals surface area contributed by atoms with Crippen LogP contribution in [-0.2, 0) is 4.74 Å². The Balaban J connectivity index is 2.76. The molecule has 4 heteroatoms. The van der Waals surface area contributed by atoms with Gasteiger partial charge in [-0.15, -0.1) is 0 Å². The van der Waals surface area contributed by atoms with Crippen LogP contribution in [0.25, 0.3) is 10.9 Å². The van der Waals surface area contributed by atoms with Crippen molar-refractivity contribution in [2.45, 2.75) is 0 Å². The molecule has 3 nitrogen and oxygen atoms in total. The van der Waals surface area contributed by atoms with Crippen LogP contribution in [0.15, 0.2) is 30.5 Å². The summed E-state index contributed by atoms with van der Waals surface area (Å²) in [6.07, 6.45) is 1.63. The first-order chi connectivity index (χ1) is 7.22. The lowest BCUT2D eigenvalue weighted by Gasteiger charge is -2.04. The molecule has 0 fully saturated rings. The normalized spacial score (nSPS) is 10.3. The summed E-state index contributed by atoms with van der Waals surface area (Å²) in [7, 11) is 1.33. The molecule has 1 aromatic carbocycles. The highest BCUT2D eigenvalue weighted by molar-refractivity contribution is 6.32. The smallest absolute Gasteiger partial charge is 0.340 e. The Kier molecular flexibility index (Phi) is 2.56. The Bertz CT molecular complexity index is 525. The van der Waals surface area contributed by atoms with Crippen LogP contribution in [0.5, 0.6) is 0 Å². The maximum Gasteiger partial charge on any atom is 0.340 e. The molecule has 0 unspecified atom stereocenters. The van der Waals surface area contributed by atoms with Crippen molar-refractivity contribution in [2.24, 2.45) is 0 Å². The SMILES string of the molecule is COC(=O)c1cc(Cl)cc2cccnc12. The summed E-state index contributed by atoms with van der Waals surface area (Å²) in [6.45, 7) is 0. The van der Waals surface area contributed by atoms with Gasteiger partial charge in [-0.05, 0) is 18.2 Å². The minimum Gasteiger partial charge on any atom is -0.465 e. The quantitative estimate of drug-likeness (QED) is 0.695. The third-order valence-electron chi connectivity index (χ3n) is 2.07. The van der Waals surface area contributed by atoms with E-state index in [1.54, 1.807) is 24.4 Å². The number of hydrogen-bond donors (Lipinski definition) is 0. The fraction of sp³-hybridized carbons (Fsp3) is 0.0909. The summed E-state index contributed by atoms with van der Waals surface area (Å²) in [5.41, 5.74) is 0.995. The van der Waals surface area contributed by atoms with Gasteiger partial charge >= 0.3 is 5.97 Å². The molecular weight excluding hydrogens is 214 g/mol. The first-order valence-electron chi connectivity index (χ1n) is 4.35. The molecule has 0 N–H and O–H groups in total. The molecule has 1 heterocycles. The number of methoxy groups -OCH3 is 1. The number of rotatable bonds is 1. The second kappa shape index (κ2) is 3.87. The van der Waals surface area contributed by atoms with Crippen LogP contribution in [0, 0.1) is 0 Å². The van der Waals surface area contributed by atoms with E-state index < -0.39 is 5.97 Å². The van der Waals surface area contributed by atoms with E-state index in [9.17, 15) is 4.79 Å². The number of ether oxygens (including phenoxy) is 1. The summed E-state index contributed by atoms with van der Waals surface area (Å²) in [5, 5.41) is 1.32. The number of pyridine rings is 1. The topological polar surface area (TPSA) is 39.2 Å². The standard InChI is InChI=1S/C11H8ClNO2/c1-15-11(14)9-6-8(12)5-7-3-2-4-13-10(7)9/h2-6H,1H3. The van der Waals surface area contributed by atoms with Crippen LogP contribution < -0.4 is 0 Å². The van der Waals surface area contributed by atoms with Gasteiger partial charge in [0.15, 0.2) is 0 Å². The highest BCUT2D eigenvalue weighted by Crippen LogP contribution is 2.22. The lowest BCUT2D eigenvalue weighted by Crippen LogP contribution is -2.02. The second-order valence-corrected chi connectivity index (χ2v) is 3.46. The molecule has 15 heavy (non-hydrogen) atoms. The second-order valence-electron chi connectivity index (χ2n) is 3.02. The molecule has 0 atom stereocenters. The highest BCUT2D eigenvalue weighted by Gasteiger charge is 2.12. The molecule has 0 aliphatic rings. The van der Waals surface area contributed by atoms with E-state index >= 15 is 0 Å². The number of carbonyl (C=O) groups excluding carboxylic acids is 1. The van der Waals surface area contributed by atoms with Crippen LogP contribution in [0.4, 0.5) is 0 Å². The zero-order chi connectivity index (χ0) is 10.8. The molecule has 2 rings (SSSR count). The van der Waals surface area contributed by atoms with Crippen molar-refractivity contribution < 1.29 is 9.53 Å². The average Bonchev–Trinajstić information content (AvgIpc) is 2.26. The first kappa shape index (κ1) is 9.93. The molecule has 0 aliphatic heterocycles. The summed E-state index contributed by atoms with van der Waals surface area (Å²) in [6, 6.07) is 6.96. The maximum atomic E-state index is 11.5. The number of fused-ring (bicyclic) bond motifs is 1. The third kappa shape index (κ3) is 1.78. The van der Waals surface area contributed by atoms with Crippen molar-refractivity contribution in [3.63, 3.8) is 0 Å². The lowest BCUT2D eigenvalue weighted by atomic mass is 10.1. The van der Waals surface area contributed by atoms with E-state index in [-0.39, 0.29) is 0 Å². The lowest BCUT2D eigenvalue weighted by molar-refractivity contribution is 0.0603. The molecule has 0 amide bonds. The van der Waals surface area contributed by atoms with E-state index in [4.69, 9.17) is 11.6 Å². The van der Waals surface area contributed by atoms with Crippen LogP contribution >= 0.6 is 11.6 Å². The van der Waals surface area contributed by atoms with E-state index in [0.717, 1.165) is 5.39 Å². The molecular formula is C11H8ClNO2. The number of benzene rings is 1. The number of hydrogen-bond acceptors (Lipinski definition) is 3. The van der Waals surface area contributed by atoms with Crippen molar-refractivity contribution in [1.29, 1.82) is 0 Å². The van der Waals surface area contributed by atoms with Gasteiger partial charge < -0.3 is 4.74 Å². The van der Waals surface area contributed by atoms with Crippen molar-refractivity contribution in [3.8, 4) is 0 Å². The Morgan fingerprint density at radius 3 is 3.00 bits per heavy atom. The van der Waals surface area contributed by atoms with E-state index in [1.165, 1.54) is 7.11 Å². The molecule has 0 bridgehead atoms. The van der Waals surface area contributed by atoms with Crippen molar-refractivity contribution in [2.75, 3.05) is 7.11 Å². The Labute approximate surface area is 91.6 Å². The van der Waals surface area contributed by atoms with E-state index in [1.807, 2.05) is 6.07 Å². The molecule has 0 saturated heterocycles. The Morgan fingerprint density at radius 1 is 1.47 bits per heavy atom. The molecule has 2 aromatic rings. The number of aromatic nitrogens is 1. The zero-order valence-corrected chi connectivity index (χ0v) is 8.78. The van der Waals surface area contributed by atoms with Crippen LogP contribution in [0.1, 0.15) is 10.4 Å². The number of nitrogens with zero attached hydrogens (tertiary/aromatic N) is 1. The monoisotopic (exact) mass is 221 g/mol. The largest absolute Gasteiger partial charge is 0.465 e. The van der Waals surface area contributed by atoms with Gasteiger partial charge in [-0.1, -0.05) is 17.7 Å².